The second-order valence-corrected chi connectivity index (χ2v) is 9.52. The number of nitrogens with zero attached hydrogens (tertiary/aromatic N) is 4. The van der Waals surface area contributed by atoms with E-state index in [4.69, 9.17) is 16.3 Å². The first kappa shape index (κ1) is 25.1. The van der Waals surface area contributed by atoms with Crippen LogP contribution in [0.15, 0.2) is 54.7 Å². The van der Waals surface area contributed by atoms with Gasteiger partial charge in [-0.2, -0.15) is 18.3 Å². The average molecular weight is 537 g/mol. The van der Waals surface area contributed by atoms with Gasteiger partial charge in [-0.25, -0.2) is 13.9 Å². The molecule has 0 saturated carbocycles. The zero-order chi connectivity index (χ0) is 26.4. The first-order valence-corrected chi connectivity index (χ1v) is 11.9. The number of aromatic nitrogens is 2. The molecule has 2 aliphatic heterocycles. The van der Waals surface area contributed by atoms with Gasteiger partial charge in [-0.3, -0.25) is 9.69 Å². The van der Waals surface area contributed by atoms with Crippen molar-refractivity contribution < 1.29 is 31.9 Å². The zero-order valence-electron chi connectivity index (χ0n) is 19.3. The van der Waals surface area contributed by atoms with Crippen LogP contribution in [0.1, 0.15) is 34.5 Å². The number of carbonyl (C=O) groups is 2. The van der Waals surface area contributed by atoms with Crippen molar-refractivity contribution in [2.24, 2.45) is 0 Å². The van der Waals surface area contributed by atoms with Gasteiger partial charge in [0.1, 0.15) is 11.4 Å². The van der Waals surface area contributed by atoms with Crippen LogP contribution in [0.25, 0.3) is 5.69 Å². The van der Waals surface area contributed by atoms with Crippen molar-refractivity contribution in [2.75, 3.05) is 19.6 Å². The Morgan fingerprint density at radius 2 is 1.76 bits per heavy atom. The van der Waals surface area contributed by atoms with E-state index in [0.717, 1.165) is 6.20 Å². The standard InChI is InChI=1S/C25H21ClF4N4O3/c26-17-5-7-18(8-6-17)34-21(25(28,29)30)19(13-31-34)22(35)32-11-9-24(10-12-32)15-33(23(36)37-24)14-16-3-1-2-4-20(16)27/h1-8,13H,9-12,14-15H2. The first-order chi connectivity index (χ1) is 17.6. The number of amides is 2. The summed E-state index contributed by atoms with van der Waals surface area (Å²) in [5, 5.41) is 4.19. The van der Waals surface area contributed by atoms with Crippen LogP contribution in [0.5, 0.6) is 0 Å². The molecule has 12 heteroatoms. The van der Waals surface area contributed by atoms with E-state index in [0.29, 0.717) is 15.3 Å². The lowest BCUT2D eigenvalue weighted by molar-refractivity contribution is -0.143. The second-order valence-electron chi connectivity index (χ2n) is 9.08. The molecule has 2 aromatic carbocycles. The number of rotatable bonds is 4. The van der Waals surface area contributed by atoms with Crippen LogP contribution in [0.3, 0.4) is 0 Å². The van der Waals surface area contributed by atoms with Crippen LogP contribution in [0.4, 0.5) is 22.4 Å². The third-order valence-corrected chi connectivity index (χ3v) is 6.91. The number of alkyl halides is 3. The molecule has 0 atom stereocenters. The number of hydrogen-bond donors (Lipinski definition) is 0. The predicted octanol–water partition coefficient (Wildman–Crippen LogP) is 5.31. The Morgan fingerprint density at radius 3 is 2.41 bits per heavy atom. The number of likely N-dealkylation sites (tertiary alicyclic amines) is 1. The van der Waals surface area contributed by atoms with Crippen LogP contribution in [-0.4, -0.2) is 56.8 Å². The van der Waals surface area contributed by atoms with Crippen molar-refractivity contribution in [1.29, 1.82) is 0 Å². The summed E-state index contributed by atoms with van der Waals surface area (Å²) in [6.45, 7) is 0.408. The zero-order valence-corrected chi connectivity index (χ0v) is 20.1. The van der Waals surface area contributed by atoms with Gasteiger partial charge in [-0.15, -0.1) is 0 Å². The Labute approximate surface area is 214 Å². The van der Waals surface area contributed by atoms with Gasteiger partial charge in [0.05, 0.1) is 30.5 Å². The summed E-state index contributed by atoms with van der Waals surface area (Å²) in [5.74, 6) is -1.24. The molecule has 194 valence electrons. The molecule has 5 rings (SSSR count). The van der Waals surface area contributed by atoms with Gasteiger partial charge < -0.3 is 9.64 Å². The van der Waals surface area contributed by atoms with E-state index in [1.54, 1.807) is 18.2 Å². The molecular formula is C25H21ClF4N4O3. The van der Waals surface area contributed by atoms with Crippen molar-refractivity contribution in [2.45, 2.75) is 31.2 Å². The average Bonchev–Trinajstić information content (AvgIpc) is 3.43. The van der Waals surface area contributed by atoms with E-state index in [-0.39, 0.29) is 44.7 Å². The summed E-state index contributed by atoms with van der Waals surface area (Å²) < 4.78 is 62.4. The number of hydrogen-bond acceptors (Lipinski definition) is 4. The van der Waals surface area contributed by atoms with E-state index >= 15 is 0 Å². The Hall–Kier alpha value is -3.60. The van der Waals surface area contributed by atoms with Gasteiger partial charge in [-0.1, -0.05) is 29.8 Å². The van der Waals surface area contributed by atoms with Gasteiger partial charge in [0.2, 0.25) is 0 Å². The summed E-state index contributed by atoms with van der Waals surface area (Å²) >= 11 is 5.84. The van der Waals surface area contributed by atoms with Gasteiger partial charge >= 0.3 is 12.3 Å². The van der Waals surface area contributed by atoms with E-state index in [9.17, 15) is 27.2 Å². The molecule has 1 aromatic heterocycles. The molecule has 0 N–H and O–H groups in total. The number of halogens is 5. The Kier molecular flexibility index (Phi) is 6.35. The third kappa shape index (κ3) is 4.87. The highest BCUT2D eigenvalue weighted by Crippen LogP contribution is 2.37. The maximum absolute atomic E-state index is 14.0. The van der Waals surface area contributed by atoms with Crippen LogP contribution < -0.4 is 0 Å². The maximum Gasteiger partial charge on any atom is 0.434 e. The van der Waals surface area contributed by atoms with E-state index in [1.807, 2.05) is 0 Å². The molecule has 0 aliphatic carbocycles. The molecule has 2 saturated heterocycles. The van der Waals surface area contributed by atoms with Gasteiger partial charge in [-0.05, 0) is 30.3 Å². The SMILES string of the molecule is O=C1OC2(CCN(C(=O)c3cnn(-c4ccc(Cl)cc4)c3C(F)(F)F)CC2)CN1Cc1ccccc1F. The molecular weight excluding hydrogens is 516 g/mol. The fourth-order valence-electron chi connectivity index (χ4n) is 4.75. The third-order valence-electron chi connectivity index (χ3n) is 6.66. The van der Waals surface area contributed by atoms with Crippen molar-refractivity contribution in [3.05, 3.63) is 82.4 Å². The molecule has 0 radical (unpaired) electrons. The van der Waals surface area contributed by atoms with E-state index in [1.165, 1.54) is 40.1 Å². The molecule has 2 amide bonds. The fourth-order valence-corrected chi connectivity index (χ4v) is 4.88. The maximum atomic E-state index is 14.0. The minimum atomic E-state index is -4.84. The summed E-state index contributed by atoms with van der Waals surface area (Å²) in [6, 6.07) is 11.7. The number of piperidine rings is 1. The van der Waals surface area contributed by atoms with E-state index in [2.05, 4.69) is 5.10 Å². The van der Waals surface area contributed by atoms with Gasteiger partial charge in [0, 0.05) is 36.5 Å². The van der Waals surface area contributed by atoms with Crippen molar-refractivity contribution in [3.8, 4) is 5.69 Å². The molecule has 0 bridgehead atoms. The minimum absolute atomic E-state index is 0.0364. The highest BCUT2D eigenvalue weighted by molar-refractivity contribution is 6.30. The molecule has 7 nitrogen and oxygen atoms in total. The number of carbonyl (C=O) groups excluding carboxylic acids is 2. The summed E-state index contributed by atoms with van der Waals surface area (Å²) in [7, 11) is 0. The number of ether oxygens (including phenoxy) is 1. The Bertz CT molecular complexity index is 1330. The largest absolute Gasteiger partial charge is 0.441 e. The predicted molar refractivity (Wildman–Crippen MR) is 125 cm³/mol. The fraction of sp³-hybridized carbons (Fsp3) is 0.320. The highest BCUT2D eigenvalue weighted by atomic mass is 35.5. The lowest BCUT2D eigenvalue weighted by atomic mass is 9.91. The molecule has 2 aliphatic rings. The molecule has 0 unspecified atom stereocenters. The molecule has 3 aromatic rings. The van der Waals surface area contributed by atoms with Gasteiger partial charge in [0.25, 0.3) is 5.91 Å². The van der Waals surface area contributed by atoms with Crippen LogP contribution >= 0.6 is 11.6 Å². The smallest absolute Gasteiger partial charge is 0.434 e. The Morgan fingerprint density at radius 1 is 1.08 bits per heavy atom. The van der Waals surface area contributed by atoms with E-state index < -0.39 is 40.9 Å². The quantitative estimate of drug-likeness (QED) is 0.424. The molecule has 37 heavy (non-hydrogen) atoms. The van der Waals surface area contributed by atoms with Crippen LogP contribution in [0.2, 0.25) is 5.02 Å². The molecule has 1 spiro atoms. The lowest BCUT2D eigenvalue weighted by Crippen LogP contribution is -2.49. The van der Waals surface area contributed by atoms with Crippen molar-refractivity contribution in [3.63, 3.8) is 0 Å². The van der Waals surface area contributed by atoms with Crippen LogP contribution in [0, 0.1) is 5.82 Å². The highest BCUT2D eigenvalue weighted by Gasteiger charge is 2.48. The topological polar surface area (TPSA) is 67.7 Å². The minimum Gasteiger partial charge on any atom is -0.441 e. The normalized spacial score (nSPS) is 17.4. The molecule has 3 heterocycles. The van der Waals surface area contributed by atoms with Gasteiger partial charge in [0.15, 0.2) is 5.69 Å². The summed E-state index contributed by atoms with van der Waals surface area (Å²) in [4.78, 5) is 28.3. The summed E-state index contributed by atoms with van der Waals surface area (Å²) in [5.41, 5.74) is -2.17. The number of benzene rings is 2. The Balaban J connectivity index is 1.31. The summed E-state index contributed by atoms with van der Waals surface area (Å²) in [6.07, 6.45) is -4.04. The van der Waals surface area contributed by atoms with Crippen molar-refractivity contribution >= 4 is 23.6 Å². The first-order valence-electron chi connectivity index (χ1n) is 11.5. The molecule has 2 fully saturated rings. The van der Waals surface area contributed by atoms with Crippen LogP contribution in [-0.2, 0) is 17.5 Å². The van der Waals surface area contributed by atoms with Crippen molar-refractivity contribution in [1.82, 2.24) is 19.6 Å². The monoisotopic (exact) mass is 536 g/mol. The lowest BCUT2D eigenvalue weighted by Gasteiger charge is -2.37. The second kappa shape index (κ2) is 9.37.